The normalized spacial score (nSPS) is 10.0. The minimum absolute atomic E-state index is 0.411. The zero-order valence-electron chi connectivity index (χ0n) is 11.3. The number of hydrogen-bond acceptors (Lipinski definition) is 2. The summed E-state index contributed by atoms with van der Waals surface area (Å²) < 4.78 is 32.2. The highest BCUT2D eigenvalue weighted by Crippen LogP contribution is 2.24. The van der Waals surface area contributed by atoms with E-state index in [2.05, 4.69) is 10.6 Å². The SMILES string of the molecule is CCOc1ccccc1NC(=O)Nc1c(F)cccc1F. The number of halogens is 2. The molecule has 0 atom stereocenters. The van der Waals surface area contributed by atoms with Crippen molar-refractivity contribution in [1.82, 2.24) is 0 Å². The first-order chi connectivity index (χ1) is 10.1. The number of carbonyl (C=O) groups is 1. The molecule has 2 amide bonds. The largest absolute Gasteiger partial charge is 0.492 e. The fraction of sp³-hybridized carbons (Fsp3) is 0.133. The van der Waals surface area contributed by atoms with E-state index in [9.17, 15) is 13.6 Å². The molecule has 0 saturated heterocycles. The number of nitrogens with one attached hydrogen (secondary N) is 2. The first kappa shape index (κ1) is 14.8. The van der Waals surface area contributed by atoms with Crippen molar-refractivity contribution in [2.24, 2.45) is 0 Å². The van der Waals surface area contributed by atoms with Gasteiger partial charge in [-0.15, -0.1) is 0 Å². The van der Waals surface area contributed by atoms with Gasteiger partial charge in [-0.25, -0.2) is 13.6 Å². The van der Waals surface area contributed by atoms with Gasteiger partial charge in [0.15, 0.2) is 0 Å². The summed E-state index contributed by atoms with van der Waals surface area (Å²) in [6.07, 6.45) is 0. The van der Waals surface area contributed by atoms with E-state index in [1.54, 1.807) is 24.3 Å². The molecule has 2 rings (SSSR count). The van der Waals surface area contributed by atoms with Gasteiger partial charge >= 0.3 is 6.03 Å². The number of rotatable bonds is 4. The number of urea groups is 1. The third-order valence-electron chi connectivity index (χ3n) is 2.64. The van der Waals surface area contributed by atoms with Gasteiger partial charge in [0.2, 0.25) is 0 Å². The standard InChI is InChI=1S/C15H14F2N2O2/c1-2-21-13-9-4-3-8-12(13)18-15(20)19-14-10(16)6-5-7-11(14)17/h3-9H,2H2,1H3,(H2,18,19,20). The highest BCUT2D eigenvalue weighted by atomic mass is 19.1. The van der Waals surface area contributed by atoms with Gasteiger partial charge in [0.05, 0.1) is 12.3 Å². The van der Waals surface area contributed by atoms with Gasteiger partial charge in [-0.3, -0.25) is 0 Å². The maximum Gasteiger partial charge on any atom is 0.323 e. The second-order valence-electron chi connectivity index (χ2n) is 4.10. The zero-order chi connectivity index (χ0) is 15.2. The van der Waals surface area contributed by atoms with E-state index in [1.807, 2.05) is 6.92 Å². The summed E-state index contributed by atoms with van der Waals surface area (Å²) in [5.41, 5.74) is -0.0857. The van der Waals surface area contributed by atoms with Crippen LogP contribution in [0.4, 0.5) is 25.0 Å². The second-order valence-corrected chi connectivity index (χ2v) is 4.10. The zero-order valence-corrected chi connectivity index (χ0v) is 11.3. The number of carbonyl (C=O) groups excluding carboxylic acids is 1. The number of para-hydroxylation sites is 3. The third-order valence-corrected chi connectivity index (χ3v) is 2.64. The van der Waals surface area contributed by atoms with E-state index in [0.717, 1.165) is 12.1 Å². The Labute approximate surface area is 120 Å². The van der Waals surface area contributed by atoms with Crippen LogP contribution in [0.25, 0.3) is 0 Å². The van der Waals surface area contributed by atoms with Gasteiger partial charge in [0.25, 0.3) is 0 Å². The Morgan fingerprint density at radius 2 is 1.71 bits per heavy atom. The topological polar surface area (TPSA) is 50.4 Å². The van der Waals surface area contributed by atoms with Crippen molar-refractivity contribution in [3.8, 4) is 5.75 Å². The van der Waals surface area contributed by atoms with Crippen molar-refractivity contribution in [3.05, 3.63) is 54.1 Å². The van der Waals surface area contributed by atoms with Crippen LogP contribution in [0.3, 0.4) is 0 Å². The smallest absolute Gasteiger partial charge is 0.323 e. The molecular weight excluding hydrogens is 278 g/mol. The second kappa shape index (κ2) is 6.69. The molecule has 0 heterocycles. The van der Waals surface area contributed by atoms with E-state index >= 15 is 0 Å². The number of ether oxygens (including phenoxy) is 1. The van der Waals surface area contributed by atoms with Crippen molar-refractivity contribution in [2.45, 2.75) is 6.92 Å². The molecule has 0 aliphatic carbocycles. The Kier molecular flexibility index (Phi) is 4.71. The average Bonchev–Trinajstić information content (AvgIpc) is 2.45. The van der Waals surface area contributed by atoms with Crippen molar-refractivity contribution in [1.29, 1.82) is 0 Å². The molecule has 4 nitrogen and oxygen atoms in total. The van der Waals surface area contributed by atoms with Crippen molar-refractivity contribution in [3.63, 3.8) is 0 Å². The molecule has 0 saturated carbocycles. The molecule has 2 aromatic carbocycles. The highest BCUT2D eigenvalue weighted by molar-refractivity contribution is 6.00. The van der Waals surface area contributed by atoms with Crippen molar-refractivity contribution >= 4 is 17.4 Å². The molecule has 0 spiro atoms. The summed E-state index contributed by atoms with van der Waals surface area (Å²) in [7, 11) is 0. The number of anilines is 2. The summed E-state index contributed by atoms with van der Waals surface area (Å²) in [5.74, 6) is -1.21. The van der Waals surface area contributed by atoms with Crippen LogP contribution in [-0.4, -0.2) is 12.6 Å². The Balaban J connectivity index is 2.12. The van der Waals surface area contributed by atoms with Crippen molar-refractivity contribution < 1.29 is 18.3 Å². The fourth-order valence-electron chi connectivity index (χ4n) is 1.74. The van der Waals surface area contributed by atoms with Crippen LogP contribution < -0.4 is 15.4 Å². The van der Waals surface area contributed by atoms with E-state index < -0.39 is 23.4 Å². The Morgan fingerprint density at radius 3 is 2.38 bits per heavy atom. The predicted octanol–water partition coefficient (Wildman–Crippen LogP) is 4.01. The van der Waals surface area contributed by atoms with E-state index in [-0.39, 0.29) is 0 Å². The first-order valence-electron chi connectivity index (χ1n) is 6.35. The van der Waals surface area contributed by atoms with Gasteiger partial charge in [-0.2, -0.15) is 0 Å². The third kappa shape index (κ3) is 3.68. The van der Waals surface area contributed by atoms with E-state index in [1.165, 1.54) is 6.07 Å². The molecule has 110 valence electrons. The lowest BCUT2D eigenvalue weighted by atomic mass is 10.3. The van der Waals surface area contributed by atoms with Crippen LogP contribution in [0.1, 0.15) is 6.92 Å². The summed E-state index contributed by atoms with van der Waals surface area (Å²) in [5, 5.41) is 4.63. The summed E-state index contributed by atoms with van der Waals surface area (Å²) >= 11 is 0. The molecule has 0 fully saturated rings. The maximum atomic E-state index is 13.4. The van der Waals surface area contributed by atoms with Crippen LogP contribution in [0.2, 0.25) is 0 Å². The van der Waals surface area contributed by atoms with Gasteiger partial charge < -0.3 is 15.4 Å². The van der Waals surface area contributed by atoms with Crippen LogP contribution in [0, 0.1) is 11.6 Å². The van der Waals surface area contributed by atoms with Gasteiger partial charge in [-0.1, -0.05) is 18.2 Å². The predicted molar refractivity (Wildman–Crippen MR) is 76.6 cm³/mol. The maximum absolute atomic E-state index is 13.4. The lowest BCUT2D eigenvalue weighted by Gasteiger charge is -2.12. The fourth-order valence-corrected chi connectivity index (χ4v) is 1.74. The molecule has 0 aromatic heterocycles. The van der Waals surface area contributed by atoms with Gasteiger partial charge in [0.1, 0.15) is 23.1 Å². The molecular formula is C15H14F2N2O2. The quantitative estimate of drug-likeness (QED) is 0.894. The Hall–Kier alpha value is -2.63. The molecule has 6 heteroatoms. The van der Waals surface area contributed by atoms with E-state index in [0.29, 0.717) is 18.0 Å². The number of hydrogen-bond donors (Lipinski definition) is 2. The van der Waals surface area contributed by atoms with Crippen LogP contribution >= 0.6 is 0 Å². The Bertz CT molecular complexity index is 627. The number of benzene rings is 2. The van der Waals surface area contributed by atoms with Gasteiger partial charge in [-0.05, 0) is 31.2 Å². The first-order valence-corrected chi connectivity index (χ1v) is 6.35. The van der Waals surface area contributed by atoms with Gasteiger partial charge in [0, 0.05) is 0 Å². The molecule has 0 bridgehead atoms. The Morgan fingerprint density at radius 1 is 1.05 bits per heavy atom. The molecule has 2 aromatic rings. The molecule has 0 aliphatic heterocycles. The lowest BCUT2D eigenvalue weighted by Crippen LogP contribution is -2.21. The minimum Gasteiger partial charge on any atom is -0.492 e. The molecule has 2 N–H and O–H groups in total. The highest BCUT2D eigenvalue weighted by Gasteiger charge is 2.13. The molecule has 21 heavy (non-hydrogen) atoms. The molecule has 0 radical (unpaired) electrons. The number of amides is 2. The summed E-state index contributed by atoms with van der Waals surface area (Å²) in [6.45, 7) is 2.24. The van der Waals surface area contributed by atoms with Crippen LogP contribution in [-0.2, 0) is 0 Å². The molecule has 0 unspecified atom stereocenters. The average molecular weight is 292 g/mol. The monoisotopic (exact) mass is 292 g/mol. The minimum atomic E-state index is -0.844. The van der Waals surface area contributed by atoms with Crippen LogP contribution in [0.5, 0.6) is 5.75 Å². The lowest BCUT2D eigenvalue weighted by molar-refractivity contribution is 0.261. The molecule has 0 aliphatic rings. The summed E-state index contributed by atoms with van der Waals surface area (Å²) in [6, 6.07) is 9.36. The van der Waals surface area contributed by atoms with E-state index in [4.69, 9.17) is 4.74 Å². The van der Waals surface area contributed by atoms with Crippen molar-refractivity contribution in [2.75, 3.05) is 17.2 Å². The summed E-state index contributed by atoms with van der Waals surface area (Å²) in [4.78, 5) is 11.8. The van der Waals surface area contributed by atoms with Crippen LogP contribution in [0.15, 0.2) is 42.5 Å².